The topological polar surface area (TPSA) is 50.8 Å². The minimum atomic E-state index is -0.0461. The summed E-state index contributed by atoms with van der Waals surface area (Å²) in [5.74, 6) is 1.24. The van der Waals surface area contributed by atoms with Gasteiger partial charge in [0.1, 0.15) is 11.5 Å². The van der Waals surface area contributed by atoms with Crippen LogP contribution in [0.3, 0.4) is 0 Å². The average Bonchev–Trinajstić information content (AvgIpc) is 2.65. The third-order valence-corrected chi connectivity index (χ3v) is 4.27. The van der Waals surface area contributed by atoms with Gasteiger partial charge in [0.25, 0.3) is 0 Å². The molecule has 0 atom stereocenters. The summed E-state index contributed by atoms with van der Waals surface area (Å²) < 4.78 is 10.5. The van der Waals surface area contributed by atoms with Gasteiger partial charge in [0.2, 0.25) is 5.91 Å². The summed E-state index contributed by atoms with van der Waals surface area (Å²) in [6.07, 6.45) is 0.408. The molecule has 0 aromatic heterocycles. The molecule has 0 radical (unpaired) electrons. The van der Waals surface area contributed by atoms with E-state index in [1.807, 2.05) is 18.2 Å². The van der Waals surface area contributed by atoms with Gasteiger partial charge in [0.05, 0.1) is 19.9 Å². The van der Waals surface area contributed by atoms with Crippen molar-refractivity contribution in [3.05, 3.63) is 54.1 Å². The van der Waals surface area contributed by atoms with E-state index in [1.54, 1.807) is 32.4 Å². The molecule has 26 heavy (non-hydrogen) atoms. The second-order valence-corrected chi connectivity index (χ2v) is 6.41. The lowest BCUT2D eigenvalue weighted by Gasteiger charge is -2.26. The number of amides is 1. The lowest BCUT2D eigenvalue weighted by Crippen LogP contribution is -2.33. The number of rotatable bonds is 9. The van der Waals surface area contributed by atoms with Crippen molar-refractivity contribution in [1.29, 1.82) is 0 Å². The van der Waals surface area contributed by atoms with Gasteiger partial charge in [-0.1, -0.05) is 30.3 Å². The molecule has 5 nitrogen and oxygen atoms in total. The Kier molecular flexibility index (Phi) is 7.48. The molecule has 0 saturated carbocycles. The number of hydrogen-bond acceptors (Lipinski definition) is 4. The van der Waals surface area contributed by atoms with Gasteiger partial charge in [-0.2, -0.15) is 0 Å². The van der Waals surface area contributed by atoms with E-state index in [0.717, 1.165) is 6.54 Å². The molecule has 1 N–H and O–H groups in total. The van der Waals surface area contributed by atoms with Crippen molar-refractivity contribution in [2.45, 2.75) is 32.9 Å². The van der Waals surface area contributed by atoms with Crippen LogP contribution in [0.5, 0.6) is 11.5 Å². The van der Waals surface area contributed by atoms with Crippen LogP contribution in [0.4, 0.5) is 5.69 Å². The van der Waals surface area contributed by atoms with Crippen LogP contribution < -0.4 is 14.8 Å². The van der Waals surface area contributed by atoms with Crippen LogP contribution in [0.25, 0.3) is 0 Å². The fourth-order valence-electron chi connectivity index (χ4n) is 2.71. The molecule has 0 unspecified atom stereocenters. The van der Waals surface area contributed by atoms with Gasteiger partial charge in [0, 0.05) is 31.6 Å². The quantitative estimate of drug-likeness (QED) is 0.739. The van der Waals surface area contributed by atoms with Gasteiger partial charge < -0.3 is 14.8 Å². The molecule has 0 spiro atoms. The summed E-state index contributed by atoms with van der Waals surface area (Å²) in [7, 11) is 3.18. The zero-order valence-corrected chi connectivity index (χ0v) is 16.0. The first-order valence-corrected chi connectivity index (χ1v) is 8.83. The molecule has 0 heterocycles. The lowest BCUT2D eigenvalue weighted by molar-refractivity contribution is -0.116. The van der Waals surface area contributed by atoms with E-state index in [-0.39, 0.29) is 5.91 Å². The van der Waals surface area contributed by atoms with E-state index < -0.39 is 0 Å². The SMILES string of the molecule is COc1ccc(OC)c(NC(=O)CCN(Cc2ccccc2)C(C)C)c1. The molecule has 2 rings (SSSR count). The monoisotopic (exact) mass is 356 g/mol. The van der Waals surface area contributed by atoms with Crippen LogP contribution in [0.1, 0.15) is 25.8 Å². The van der Waals surface area contributed by atoms with Crippen molar-refractivity contribution >= 4 is 11.6 Å². The van der Waals surface area contributed by atoms with Crippen LogP contribution in [-0.2, 0) is 11.3 Å². The maximum atomic E-state index is 12.4. The molecule has 2 aromatic rings. The summed E-state index contributed by atoms with van der Waals surface area (Å²) in [6.45, 7) is 5.80. The Labute approximate surface area is 155 Å². The van der Waals surface area contributed by atoms with Crippen molar-refractivity contribution in [1.82, 2.24) is 4.90 Å². The van der Waals surface area contributed by atoms with E-state index in [1.165, 1.54) is 5.56 Å². The standard InChI is InChI=1S/C21H28N2O3/c1-16(2)23(15-17-8-6-5-7-9-17)13-12-21(24)22-19-14-18(25-3)10-11-20(19)26-4/h5-11,14,16H,12-13,15H2,1-4H3,(H,22,24). The van der Waals surface area contributed by atoms with Crippen molar-refractivity contribution < 1.29 is 14.3 Å². The van der Waals surface area contributed by atoms with Crippen molar-refractivity contribution in [2.75, 3.05) is 26.1 Å². The molecule has 2 aromatic carbocycles. The Morgan fingerprint density at radius 1 is 1.08 bits per heavy atom. The highest BCUT2D eigenvalue weighted by Gasteiger charge is 2.14. The number of ether oxygens (including phenoxy) is 2. The number of hydrogen-bond donors (Lipinski definition) is 1. The van der Waals surface area contributed by atoms with Crippen molar-refractivity contribution in [2.24, 2.45) is 0 Å². The van der Waals surface area contributed by atoms with Gasteiger partial charge >= 0.3 is 0 Å². The molecule has 140 valence electrons. The van der Waals surface area contributed by atoms with Crippen LogP contribution in [-0.4, -0.2) is 37.6 Å². The van der Waals surface area contributed by atoms with Crippen molar-refractivity contribution in [3.8, 4) is 11.5 Å². The van der Waals surface area contributed by atoms with Gasteiger partial charge in [0.15, 0.2) is 0 Å². The zero-order valence-electron chi connectivity index (χ0n) is 16.0. The third-order valence-electron chi connectivity index (χ3n) is 4.27. The van der Waals surface area contributed by atoms with E-state index >= 15 is 0 Å². The number of benzene rings is 2. The van der Waals surface area contributed by atoms with Gasteiger partial charge in [-0.05, 0) is 31.5 Å². The van der Waals surface area contributed by atoms with Gasteiger partial charge in [-0.25, -0.2) is 0 Å². The summed E-state index contributed by atoms with van der Waals surface area (Å²) in [5, 5.41) is 2.92. The molecule has 0 aliphatic rings. The highest BCUT2D eigenvalue weighted by atomic mass is 16.5. The van der Waals surface area contributed by atoms with E-state index in [4.69, 9.17) is 9.47 Å². The minimum absolute atomic E-state index is 0.0461. The Morgan fingerprint density at radius 2 is 1.81 bits per heavy atom. The van der Waals surface area contributed by atoms with Crippen LogP contribution in [0.2, 0.25) is 0 Å². The molecule has 0 aliphatic heterocycles. The number of anilines is 1. The first-order chi connectivity index (χ1) is 12.5. The smallest absolute Gasteiger partial charge is 0.225 e. The summed E-state index contributed by atoms with van der Waals surface area (Å²) in [6, 6.07) is 16.0. The van der Waals surface area contributed by atoms with Crippen LogP contribution in [0, 0.1) is 0 Å². The number of nitrogens with one attached hydrogen (secondary N) is 1. The lowest BCUT2D eigenvalue weighted by atomic mass is 10.2. The van der Waals surface area contributed by atoms with Gasteiger partial charge in [-0.15, -0.1) is 0 Å². The number of nitrogens with zero attached hydrogens (tertiary/aromatic N) is 1. The molecular weight excluding hydrogens is 328 g/mol. The number of carbonyl (C=O) groups excluding carboxylic acids is 1. The van der Waals surface area contributed by atoms with Crippen LogP contribution >= 0.6 is 0 Å². The third kappa shape index (κ3) is 5.77. The Balaban J connectivity index is 1.96. The first-order valence-electron chi connectivity index (χ1n) is 8.83. The van der Waals surface area contributed by atoms with E-state index in [2.05, 4.69) is 36.2 Å². The Hall–Kier alpha value is -2.53. The fourth-order valence-corrected chi connectivity index (χ4v) is 2.71. The molecule has 1 amide bonds. The molecule has 0 aliphatic carbocycles. The minimum Gasteiger partial charge on any atom is -0.497 e. The maximum absolute atomic E-state index is 12.4. The van der Waals surface area contributed by atoms with Gasteiger partial charge in [-0.3, -0.25) is 9.69 Å². The normalized spacial score (nSPS) is 10.8. The highest BCUT2D eigenvalue weighted by molar-refractivity contribution is 5.92. The van der Waals surface area contributed by atoms with E-state index in [9.17, 15) is 4.79 Å². The zero-order chi connectivity index (χ0) is 18.9. The van der Waals surface area contributed by atoms with Crippen molar-refractivity contribution in [3.63, 3.8) is 0 Å². The van der Waals surface area contributed by atoms with E-state index in [0.29, 0.717) is 36.2 Å². The predicted molar refractivity (Wildman–Crippen MR) is 105 cm³/mol. The Morgan fingerprint density at radius 3 is 2.42 bits per heavy atom. The summed E-state index contributed by atoms with van der Waals surface area (Å²) >= 11 is 0. The molecule has 5 heteroatoms. The molecule has 0 bridgehead atoms. The second kappa shape index (κ2) is 9.82. The Bertz CT molecular complexity index is 702. The highest BCUT2D eigenvalue weighted by Crippen LogP contribution is 2.29. The predicted octanol–water partition coefficient (Wildman–Crippen LogP) is 3.94. The summed E-state index contributed by atoms with van der Waals surface area (Å²) in [4.78, 5) is 14.7. The average molecular weight is 356 g/mol. The van der Waals surface area contributed by atoms with Crippen LogP contribution in [0.15, 0.2) is 48.5 Å². The second-order valence-electron chi connectivity index (χ2n) is 6.41. The molecule has 0 fully saturated rings. The number of carbonyl (C=O) groups is 1. The molecule has 0 saturated heterocycles. The first kappa shape index (κ1) is 19.8. The number of methoxy groups -OCH3 is 2. The largest absolute Gasteiger partial charge is 0.497 e. The fraction of sp³-hybridized carbons (Fsp3) is 0.381. The molecular formula is C21H28N2O3. The maximum Gasteiger partial charge on any atom is 0.225 e. The summed E-state index contributed by atoms with van der Waals surface area (Å²) in [5.41, 5.74) is 1.87.